The third kappa shape index (κ3) is 2.82. The maximum atomic E-state index is 11.8. The molecular weight excluding hydrogens is 338 g/mol. The highest BCUT2D eigenvalue weighted by Crippen LogP contribution is 2.26. The molecule has 19 heavy (non-hydrogen) atoms. The Morgan fingerprint density at radius 3 is 2.74 bits per heavy atom. The summed E-state index contributed by atoms with van der Waals surface area (Å²) in [5.74, 6) is -0.272. The van der Waals surface area contributed by atoms with Crippen molar-refractivity contribution < 1.29 is 18.0 Å². The highest BCUT2D eigenvalue weighted by Gasteiger charge is 2.38. The Hall–Kier alpha value is -1.32. The molecule has 1 aromatic heterocycles. The van der Waals surface area contributed by atoms with E-state index in [0.29, 0.717) is 10.8 Å². The van der Waals surface area contributed by atoms with Crippen molar-refractivity contribution in [3.8, 4) is 0 Å². The van der Waals surface area contributed by atoms with Crippen LogP contribution in [0.15, 0.2) is 16.7 Å². The van der Waals surface area contributed by atoms with E-state index in [1.807, 2.05) is 0 Å². The summed E-state index contributed by atoms with van der Waals surface area (Å²) in [4.78, 5) is 28.0. The minimum absolute atomic E-state index is 0.0901. The lowest BCUT2D eigenvalue weighted by Crippen LogP contribution is -2.32. The first kappa shape index (κ1) is 14.1. The van der Waals surface area contributed by atoms with Gasteiger partial charge in [-0.3, -0.25) is 14.5 Å². The molecule has 1 atom stereocenters. The molecule has 1 aliphatic heterocycles. The van der Waals surface area contributed by atoms with Crippen LogP contribution in [0.3, 0.4) is 0 Å². The van der Waals surface area contributed by atoms with Crippen molar-refractivity contribution in [1.82, 2.24) is 4.98 Å². The summed E-state index contributed by atoms with van der Waals surface area (Å²) in [5.41, 5.74) is 0.206. The van der Waals surface area contributed by atoms with E-state index in [1.165, 1.54) is 17.2 Å². The molecule has 1 unspecified atom stereocenters. The van der Waals surface area contributed by atoms with Gasteiger partial charge in [0.15, 0.2) is 6.29 Å². The fourth-order valence-electron chi connectivity index (χ4n) is 1.86. The molecule has 9 heteroatoms. The number of pyridine rings is 1. The molecule has 1 aliphatic rings. The van der Waals surface area contributed by atoms with E-state index < -0.39 is 21.2 Å². The second-order valence-corrected chi connectivity index (χ2v) is 6.86. The van der Waals surface area contributed by atoms with E-state index in [-0.39, 0.29) is 24.3 Å². The van der Waals surface area contributed by atoms with Crippen LogP contribution in [0.5, 0.6) is 0 Å². The first-order chi connectivity index (χ1) is 8.82. The molecule has 0 spiro atoms. The van der Waals surface area contributed by atoms with Crippen LogP contribution in [0.4, 0.5) is 5.82 Å². The number of sulfonamides is 1. The quantitative estimate of drug-likeness (QED) is 0.776. The molecule has 0 aromatic carbocycles. The number of anilines is 1. The van der Waals surface area contributed by atoms with Gasteiger partial charge in [0.05, 0.1) is 5.56 Å². The lowest BCUT2D eigenvalue weighted by Gasteiger charge is -2.16. The van der Waals surface area contributed by atoms with Crippen molar-refractivity contribution in [2.45, 2.75) is 11.7 Å². The standard InChI is InChI=1S/C10H10BrN3O4S/c11-7-1-6(5-15)10(13-3-7)14-4-8(2-9(14)16)19(12,17)18/h1,3,5,8H,2,4H2,(H2,12,17,18). The largest absolute Gasteiger partial charge is 0.298 e. The van der Waals surface area contributed by atoms with Crippen molar-refractivity contribution in [2.24, 2.45) is 5.14 Å². The van der Waals surface area contributed by atoms with E-state index in [2.05, 4.69) is 20.9 Å². The number of nitrogens with two attached hydrogens (primary N) is 1. The summed E-state index contributed by atoms with van der Waals surface area (Å²) < 4.78 is 23.1. The van der Waals surface area contributed by atoms with Crippen molar-refractivity contribution >= 4 is 44.0 Å². The molecule has 1 fully saturated rings. The number of hydrogen-bond acceptors (Lipinski definition) is 5. The summed E-state index contributed by atoms with van der Waals surface area (Å²) in [7, 11) is -3.79. The summed E-state index contributed by atoms with van der Waals surface area (Å²) in [6.45, 7) is -0.0901. The van der Waals surface area contributed by atoms with E-state index in [1.54, 1.807) is 0 Å². The molecule has 1 aromatic rings. The first-order valence-corrected chi connectivity index (χ1v) is 7.66. The maximum Gasteiger partial charge on any atom is 0.229 e. The number of hydrogen-bond donors (Lipinski definition) is 1. The van der Waals surface area contributed by atoms with Gasteiger partial charge < -0.3 is 0 Å². The lowest BCUT2D eigenvalue weighted by atomic mass is 10.2. The van der Waals surface area contributed by atoms with Gasteiger partial charge in [-0.2, -0.15) is 0 Å². The zero-order chi connectivity index (χ0) is 14.2. The van der Waals surface area contributed by atoms with E-state index >= 15 is 0 Å². The molecule has 0 bridgehead atoms. The molecular formula is C10H10BrN3O4S. The van der Waals surface area contributed by atoms with E-state index in [0.717, 1.165) is 0 Å². The lowest BCUT2D eigenvalue weighted by molar-refractivity contribution is -0.117. The van der Waals surface area contributed by atoms with Crippen LogP contribution in [0.2, 0.25) is 0 Å². The van der Waals surface area contributed by atoms with Gasteiger partial charge >= 0.3 is 0 Å². The average Bonchev–Trinajstić information content (AvgIpc) is 2.71. The van der Waals surface area contributed by atoms with Crippen molar-refractivity contribution in [3.63, 3.8) is 0 Å². The molecule has 0 aliphatic carbocycles. The monoisotopic (exact) mass is 347 g/mol. The van der Waals surface area contributed by atoms with Gasteiger partial charge in [0.2, 0.25) is 15.9 Å². The van der Waals surface area contributed by atoms with Gasteiger partial charge in [-0.1, -0.05) is 0 Å². The second kappa shape index (κ2) is 4.99. The molecule has 0 saturated carbocycles. The van der Waals surface area contributed by atoms with Gasteiger partial charge in [0, 0.05) is 23.6 Å². The van der Waals surface area contributed by atoms with Crippen LogP contribution in [0.25, 0.3) is 0 Å². The van der Waals surface area contributed by atoms with Crippen molar-refractivity contribution in [2.75, 3.05) is 11.4 Å². The van der Waals surface area contributed by atoms with E-state index in [9.17, 15) is 18.0 Å². The Balaban J connectivity index is 2.38. The van der Waals surface area contributed by atoms with Crippen LogP contribution in [0.1, 0.15) is 16.8 Å². The van der Waals surface area contributed by atoms with Crippen molar-refractivity contribution in [1.29, 1.82) is 0 Å². The number of aromatic nitrogens is 1. The van der Waals surface area contributed by atoms with Gasteiger partial charge in [0.1, 0.15) is 11.1 Å². The second-order valence-electron chi connectivity index (χ2n) is 4.10. The molecule has 2 heterocycles. The SMILES string of the molecule is NS(=O)(=O)C1CC(=O)N(c2ncc(Br)cc2C=O)C1. The Morgan fingerprint density at radius 1 is 1.53 bits per heavy atom. The zero-order valence-corrected chi connectivity index (χ0v) is 12.0. The highest BCUT2D eigenvalue weighted by atomic mass is 79.9. The number of amides is 1. The molecule has 2 N–H and O–H groups in total. The fourth-order valence-corrected chi connectivity index (χ4v) is 2.94. The summed E-state index contributed by atoms with van der Waals surface area (Å²) in [5, 5.41) is 4.07. The third-order valence-electron chi connectivity index (χ3n) is 2.80. The molecule has 1 amide bonds. The molecule has 1 saturated heterocycles. The summed E-state index contributed by atoms with van der Waals surface area (Å²) in [6.07, 6.45) is 1.79. The van der Waals surface area contributed by atoms with Crippen molar-refractivity contribution in [3.05, 3.63) is 22.3 Å². The molecule has 0 radical (unpaired) electrons. The van der Waals surface area contributed by atoms with E-state index in [4.69, 9.17) is 5.14 Å². The van der Waals surface area contributed by atoms with Crippen LogP contribution in [0, 0.1) is 0 Å². The normalized spacial score (nSPS) is 19.8. The van der Waals surface area contributed by atoms with Gasteiger partial charge in [0.25, 0.3) is 0 Å². The predicted octanol–water partition coefficient (Wildman–Crippen LogP) is 0.0504. The van der Waals surface area contributed by atoms with Crippen LogP contribution in [-0.2, 0) is 14.8 Å². The number of rotatable bonds is 3. The third-order valence-corrected chi connectivity index (χ3v) is 4.48. The number of carbonyl (C=O) groups excluding carboxylic acids is 2. The summed E-state index contributed by atoms with van der Waals surface area (Å²) >= 11 is 3.16. The average molecular weight is 348 g/mol. The number of nitrogens with zero attached hydrogens (tertiary/aromatic N) is 2. The van der Waals surface area contributed by atoms with Crippen LogP contribution < -0.4 is 10.0 Å². The predicted molar refractivity (Wildman–Crippen MR) is 71.2 cm³/mol. The molecule has 2 rings (SSSR count). The topological polar surface area (TPSA) is 110 Å². The number of aldehydes is 1. The Kier molecular flexibility index (Phi) is 3.70. The van der Waals surface area contributed by atoms with Crippen LogP contribution >= 0.6 is 15.9 Å². The minimum Gasteiger partial charge on any atom is -0.298 e. The maximum absolute atomic E-state index is 11.8. The van der Waals surface area contributed by atoms with Gasteiger partial charge in [-0.05, 0) is 22.0 Å². The molecule has 7 nitrogen and oxygen atoms in total. The fraction of sp³-hybridized carbons (Fsp3) is 0.300. The van der Waals surface area contributed by atoms with Gasteiger partial charge in [-0.15, -0.1) is 0 Å². The Morgan fingerprint density at radius 2 is 2.21 bits per heavy atom. The Bertz CT molecular complexity index is 646. The number of primary sulfonamides is 1. The minimum atomic E-state index is -3.79. The zero-order valence-electron chi connectivity index (χ0n) is 9.61. The number of halogens is 1. The Labute approximate surface area is 118 Å². The molecule has 102 valence electrons. The first-order valence-electron chi connectivity index (χ1n) is 5.25. The smallest absolute Gasteiger partial charge is 0.229 e. The van der Waals surface area contributed by atoms with Gasteiger partial charge in [-0.25, -0.2) is 18.5 Å². The number of carbonyl (C=O) groups is 2. The summed E-state index contributed by atoms with van der Waals surface area (Å²) in [6, 6.07) is 1.51. The highest BCUT2D eigenvalue weighted by molar-refractivity contribution is 9.10. The van der Waals surface area contributed by atoms with Crippen LogP contribution in [-0.4, -0.2) is 37.4 Å².